The third-order valence-corrected chi connectivity index (χ3v) is 8.13. The maximum atomic E-state index is 14.4. The highest BCUT2D eigenvalue weighted by Gasteiger charge is 2.26. The number of halogens is 1. The van der Waals surface area contributed by atoms with Crippen LogP contribution < -0.4 is 25.7 Å². The van der Waals surface area contributed by atoms with Crippen LogP contribution in [0.25, 0.3) is 22.2 Å². The fourth-order valence-corrected chi connectivity index (χ4v) is 5.35. The number of aryl methyl sites for hydroxylation is 1. The van der Waals surface area contributed by atoms with Crippen LogP contribution in [0.15, 0.2) is 53.5 Å². The van der Waals surface area contributed by atoms with Gasteiger partial charge in [0.25, 0.3) is 11.5 Å². The number of amides is 1. The van der Waals surface area contributed by atoms with E-state index in [1.807, 2.05) is 0 Å². The number of rotatable bonds is 9. The van der Waals surface area contributed by atoms with Crippen molar-refractivity contribution in [3.05, 3.63) is 70.4 Å². The molecule has 0 bridgehead atoms. The number of carbonyl (C=O) groups is 1. The molecule has 10 nitrogen and oxygen atoms in total. The van der Waals surface area contributed by atoms with Gasteiger partial charge in [-0.3, -0.25) is 9.59 Å². The van der Waals surface area contributed by atoms with E-state index in [-0.39, 0.29) is 29.2 Å². The average Bonchev–Trinajstić information content (AvgIpc) is 3.84. The molecule has 2 fully saturated rings. The molecule has 2 N–H and O–H groups in total. The van der Waals surface area contributed by atoms with Crippen molar-refractivity contribution in [1.29, 1.82) is 0 Å². The number of pyridine rings is 1. The molecular weight excluding hydrogens is 551 g/mol. The molecule has 4 aromatic rings. The van der Waals surface area contributed by atoms with Crippen molar-refractivity contribution in [2.24, 2.45) is 13.0 Å². The number of ether oxygens (including phenoxy) is 2. The van der Waals surface area contributed by atoms with Crippen LogP contribution in [0.2, 0.25) is 0 Å². The summed E-state index contributed by atoms with van der Waals surface area (Å²) >= 11 is 0. The topological polar surface area (TPSA) is 111 Å². The molecular formula is C32H35FN6O4. The first-order chi connectivity index (χ1) is 20.8. The first-order valence-electron chi connectivity index (χ1n) is 14.5. The molecule has 0 unspecified atom stereocenters. The molecule has 0 radical (unpaired) electrons. The van der Waals surface area contributed by atoms with Gasteiger partial charge in [-0.2, -0.15) is 0 Å². The van der Waals surface area contributed by atoms with Gasteiger partial charge >= 0.3 is 0 Å². The standard InChI is InChI=1S/C32H35FN6O4/c1-38-13-11-23(12-14-38)35-30(40)21-9-10-24(26(16-21)42-3)36-32-34-17-25-28(37-32)27(20-5-4-6-22(33)15-20)29(31(41)39(25)2)43-18-19-7-8-19/h4-6,9-10,15-17,19,23H,7-8,11-14,18H2,1-3H3,(H,35,40)(H,34,36,37). The second kappa shape index (κ2) is 12.0. The summed E-state index contributed by atoms with van der Waals surface area (Å²) < 4.78 is 27.5. The number of anilines is 2. The first kappa shape index (κ1) is 28.6. The van der Waals surface area contributed by atoms with E-state index >= 15 is 0 Å². The normalized spacial score (nSPS) is 15.8. The summed E-state index contributed by atoms with van der Waals surface area (Å²) in [4.78, 5) is 37.9. The minimum Gasteiger partial charge on any atom is -0.495 e. The molecule has 1 aliphatic heterocycles. The summed E-state index contributed by atoms with van der Waals surface area (Å²) in [7, 11) is 5.25. The van der Waals surface area contributed by atoms with Gasteiger partial charge in [0.1, 0.15) is 17.1 Å². The smallest absolute Gasteiger partial charge is 0.293 e. The van der Waals surface area contributed by atoms with E-state index in [1.54, 1.807) is 43.6 Å². The molecule has 1 saturated heterocycles. The highest BCUT2D eigenvalue weighted by Crippen LogP contribution is 2.37. The summed E-state index contributed by atoms with van der Waals surface area (Å²) in [5, 5.41) is 6.31. The van der Waals surface area contributed by atoms with Gasteiger partial charge in [-0.05, 0) is 87.6 Å². The van der Waals surface area contributed by atoms with E-state index in [0.717, 1.165) is 38.8 Å². The Labute approximate surface area is 248 Å². The molecule has 43 heavy (non-hydrogen) atoms. The van der Waals surface area contributed by atoms with Gasteiger partial charge < -0.3 is 29.6 Å². The van der Waals surface area contributed by atoms with Gasteiger partial charge in [-0.1, -0.05) is 12.1 Å². The minimum absolute atomic E-state index is 0.134. The summed E-state index contributed by atoms with van der Waals surface area (Å²) in [6, 6.07) is 11.3. The van der Waals surface area contributed by atoms with Crippen LogP contribution in [0.1, 0.15) is 36.0 Å². The van der Waals surface area contributed by atoms with Crippen molar-refractivity contribution in [1.82, 2.24) is 24.8 Å². The SMILES string of the molecule is COc1cc(C(=O)NC2CCN(C)CC2)ccc1Nc1ncc2c(n1)c(-c1cccc(F)c1)c(OCC1CC1)c(=O)n2C. The van der Waals surface area contributed by atoms with Crippen molar-refractivity contribution in [2.45, 2.75) is 31.7 Å². The zero-order chi connectivity index (χ0) is 30.1. The molecule has 1 amide bonds. The zero-order valence-corrected chi connectivity index (χ0v) is 24.5. The first-order valence-corrected chi connectivity index (χ1v) is 14.5. The van der Waals surface area contributed by atoms with Gasteiger partial charge in [0.15, 0.2) is 5.75 Å². The molecule has 11 heteroatoms. The van der Waals surface area contributed by atoms with E-state index in [0.29, 0.717) is 51.7 Å². The van der Waals surface area contributed by atoms with Crippen LogP contribution in [-0.2, 0) is 7.05 Å². The van der Waals surface area contributed by atoms with E-state index in [2.05, 4.69) is 27.6 Å². The molecule has 2 aromatic heterocycles. The fraction of sp³-hybridized carbons (Fsp3) is 0.375. The Balaban J connectivity index is 1.34. The Morgan fingerprint density at radius 1 is 1.09 bits per heavy atom. The average molecular weight is 587 g/mol. The fourth-order valence-electron chi connectivity index (χ4n) is 5.35. The van der Waals surface area contributed by atoms with Crippen LogP contribution >= 0.6 is 0 Å². The van der Waals surface area contributed by atoms with E-state index in [9.17, 15) is 14.0 Å². The van der Waals surface area contributed by atoms with Gasteiger partial charge in [0.2, 0.25) is 5.95 Å². The van der Waals surface area contributed by atoms with Crippen LogP contribution in [0.3, 0.4) is 0 Å². The Bertz CT molecular complexity index is 1730. The Morgan fingerprint density at radius 3 is 2.60 bits per heavy atom. The van der Waals surface area contributed by atoms with Crippen molar-refractivity contribution < 1.29 is 18.7 Å². The van der Waals surface area contributed by atoms with Gasteiger partial charge in [-0.25, -0.2) is 14.4 Å². The van der Waals surface area contributed by atoms with E-state index in [4.69, 9.17) is 14.5 Å². The number of likely N-dealkylation sites (tertiary alicyclic amines) is 1. The molecule has 3 heterocycles. The van der Waals surface area contributed by atoms with Crippen molar-refractivity contribution in [3.8, 4) is 22.6 Å². The number of benzene rings is 2. The maximum absolute atomic E-state index is 14.4. The monoisotopic (exact) mass is 586 g/mol. The van der Waals surface area contributed by atoms with Gasteiger partial charge in [0, 0.05) is 18.7 Å². The van der Waals surface area contributed by atoms with Gasteiger partial charge in [0.05, 0.1) is 36.7 Å². The van der Waals surface area contributed by atoms with Gasteiger partial charge in [-0.15, -0.1) is 0 Å². The third kappa shape index (κ3) is 6.17. The molecule has 0 spiro atoms. The predicted octanol–water partition coefficient (Wildman–Crippen LogP) is 4.50. The number of piperidine rings is 1. The number of methoxy groups -OCH3 is 1. The Morgan fingerprint density at radius 2 is 1.88 bits per heavy atom. The molecule has 0 atom stereocenters. The summed E-state index contributed by atoms with van der Waals surface area (Å²) in [5.41, 5.74) is 2.51. The zero-order valence-electron chi connectivity index (χ0n) is 24.5. The summed E-state index contributed by atoms with van der Waals surface area (Å²) in [6.07, 6.45) is 5.49. The number of hydrogen-bond acceptors (Lipinski definition) is 8. The molecule has 1 aliphatic carbocycles. The number of fused-ring (bicyclic) bond motifs is 1. The molecule has 2 aromatic carbocycles. The number of nitrogens with zero attached hydrogens (tertiary/aromatic N) is 4. The van der Waals surface area contributed by atoms with Crippen LogP contribution in [0.4, 0.5) is 16.0 Å². The van der Waals surface area contributed by atoms with Crippen LogP contribution in [0.5, 0.6) is 11.5 Å². The largest absolute Gasteiger partial charge is 0.495 e. The summed E-state index contributed by atoms with van der Waals surface area (Å²) in [5.74, 6) is 0.634. The predicted molar refractivity (Wildman–Crippen MR) is 163 cm³/mol. The minimum atomic E-state index is -0.434. The lowest BCUT2D eigenvalue weighted by atomic mass is 10.0. The third-order valence-electron chi connectivity index (χ3n) is 8.13. The highest BCUT2D eigenvalue weighted by molar-refractivity contribution is 5.96. The van der Waals surface area contributed by atoms with Crippen molar-refractivity contribution in [3.63, 3.8) is 0 Å². The van der Waals surface area contributed by atoms with E-state index in [1.165, 1.54) is 23.8 Å². The highest BCUT2D eigenvalue weighted by atomic mass is 19.1. The summed E-state index contributed by atoms with van der Waals surface area (Å²) in [6.45, 7) is 2.31. The maximum Gasteiger partial charge on any atom is 0.293 e. The van der Waals surface area contributed by atoms with Crippen LogP contribution in [-0.4, -0.2) is 65.2 Å². The molecule has 1 saturated carbocycles. The molecule has 224 valence electrons. The second-order valence-corrected chi connectivity index (χ2v) is 11.4. The Kier molecular flexibility index (Phi) is 7.98. The lowest BCUT2D eigenvalue weighted by molar-refractivity contribution is 0.0916. The van der Waals surface area contributed by atoms with Crippen LogP contribution in [0, 0.1) is 11.7 Å². The number of hydrogen-bond donors (Lipinski definition) is 2. The van der Waals surface area contributed by atoms with Crippen molar-refractivity contribution in [2.75, 3.05) is 39.2 Å². The lowest BCUT2D eigenvalue weighted by Crippen LogP contribution is -2.43. The van der Waals surface area contributed by atoms with E-state index < -0.39 is 5.82 Å². The molecule has 2 aliphatic rings. The number of aromatic nitrogens is 3. The molecule has 6 rings (SSSR count). The number of nitrogens with one attached hydrogen (secondary N) is 2. The number of carbonyl (C=O) groups excluding carboxylic acids is 1. The second-order valence-electron chi connectivity index (χ2n) is 11.4. The Hall–Kier alpha value is -4.51. The van der Waals surface area contributed by atoms with Crippen molar-refractivity contribution >= 4 is 28.6 Å². The quantitative estimate of drug-likeness (QED) is 0.295. The lowest BCUT2D eigenvalue weighted by Gasteiger charge is -2.29.